The van der Waals surface area contributed by atoms with E-state index in [1.54, 1.807) is 21.3 Å². The van der Waals surface area contributed by atoms with Crippen molar-refractivity contribution in [2.24, 2.45) is 5.92 Å². The van der Waals surface area contributed by atoms with Crippen molar-refractivity contribution in [2.45, 2.75) is 19.4 Å². The summed E-state index contributed by atoms with van der Waals surface area (Å²) in [4.78, 5) is 24.5. The van der Waals surface area contributed by atoms with Crippen LogP contribution < -0.4 is 19.1 Å². The molecule has 2 aliphatic heterocycles. The monoisotopic (exact) mass is 521 g/mol. The first kappa shape index (κ1) is 25.8. The smallest absolute Gasteiger partial charge is 0.241 e. The summed E-state index contributed by atoms with van der Waals surface area (Å²) in [7, 11) is 4.87. The van der Waals surface area contributed by atoms with Gasteiger partial charge in [-0.15, -0.1) is 0 Å². The normalized spacial score (nSPS) is 18.3. The maximum Gasteiger partial charge on any atom is 0.241 e. The minimum absolute atomic E-state index is 0.00970. The van der Waals surface area contributed by atoms with Gasteiger partial charge in [0.1, 0.15) is 5.75 Å². The van der Waals surface area contributed by atoms with Gasteiger partial charge in [0, 0.05) is 44.0 Å². The van der Waals surface area contributed by atoms with Gasteiger partial charge in [0.2, 0.25) is 17.6 Å². The Bertz CT molecular complexity index is 1220. The molecule has 2 aromatic carbocycles. The first-order valence-electron chi connectivity index (χ1n) is 13.0. The largest absolute Gasteiger partial charge is 0.497 e. The van der Waals surface area contributed by atoms with E-state index in [9.17, 15) is 4.79 Å². The highest BCUT2D eigenvalue weighted by Gasteiger charge is 2.31. The topological polar surface area (TPSA) is 93.4 Å². The van der Waals surface area contributed by atoms with Crippen LogP contribution in [0.5, 0.6) is 17.2 Å². The van der Waals surface area contributed by atoms with E-state index in [-0.39, 0.29) is 11.8 Å². The molecule has 202 valence electrons. The van der Waals surface area contributed by atoms with Gasteiger partial charge in [-0.2, -0.15) is 4.98 Å². The van der Waals surface area contributed by atoms with Gasteiger partial charge >= 0.3 is 0 Å². The lowest BCUT2D eigenvalue weighted by Gasteiger charge is -2.39. The van der Waals surface area contributed by atoms with E-state index in [1.807, 2.05) is 35.2 Å². The molecule has 1 unspecified atom stereocenters. The predicted molar refractivity (Wildman–Crippen MR) is 143 cm³/mol. The number of piperidine rings is 1. The van der Waals surface area contributed by atoms with Crippen molar-refractivity contribution in [1.29, 1.82) is 0 Å². The number of nitrogens with zero attached hydrogens (tertiary/aromatic N) is 5. The summed E-state index contributed by atoms with van der Waals surface area (Å²) in [5.41, 5.74) is 1.95. The average Bonchev–Trinajstić information content (AvgIpc) is 3.45. The van der Waals surface area contributed by atoms with Crippen LogP contribution in [0.15, 0.2) is 47.0 Å². The molecule has 5 rings (SSSR count). The molecule has 3 aromatic rings. The Labute approximate surface area is 223 Å². The molecule has 2 aliphatic rings. The SMILES string of the molecule is COc1ccc(N2CCN(C(=O)C3CCCN(Cc4nc(-c5ccc(OC)c(OC)c5)no4)C3)CC2)cc1. The van der Waals surface area contributed by atoms with Crippen LogP contribution in [0.1, 0.15) is 18.7 Å². The lowest BCUT2D eigenvalue weighted by Crippen LogP contribution is -2.52. The molecule has 38 heavy (non-hydrogen) atoms. The van der Waals surface area contributed by atoms with Gasteiger partial charge in [-0.3, -0.25) is 9.69 Å². The summed E-state index contributed by atoms with van der Waals surface area (Å²) in [6.07, 6.45) is 1.88. The van der Waals surface area contributed by atoms with Crippen LogP contribution >= 0.6 is 0 Å². The summed E-state index contributed by atoms with van der Waals surface area (Å²) in [5, 5.41) is 4.16. The number of carbonyl (C=O) groups excluding carboxylic acids is 1. The van der Waals surface area contributed by atoms with Crippen molar-refractivity contribution >= 4 is 11.6 Å². The van der Waals surface area contributed by atoms with E-state index in [1.165, 1.54) is 0 Å². The molecule has 0 bridgehead atoms. The van der Waals surface area contributed by atoms with Crippen molar-refractivity contribution in [3.63, 3.8) is 0 Å². The minimum atomic E-state index is -0.00970. The molecule has 0 spiro atoms. The molecule has 1 amide bonds. The molecule has 10 heteroatoms. The van der Waals surface area contributed by atoms with Crippen LogP contribution in [0.4, 0.5) is 5.69 Å². The van der Waals surface area contributed by atoms with Gasteiger partial charge in [-0.05, 0) is 61.9 Å². The number of amides is 1. The zero-order valence-electron chi connectivity index (χ0n) is 22.3. The van der Waals surface area contributed by atoms with E-state index >= 15 is 0 Å². The quantitative estimate of drug-likeness (QED) is 0.443. The van der Waals surface area contributed by atoms with Gasteiger partial charge in [0.15, 0.2) is 11.5 Å². The molecule has 1 aromatic heterocycles. The number of piperazine rings is 1. The molecule has 2 fully saturated rings. The second kappa shape index (κ2) is 11.7. The standard InChI is InChI=1S/C28H35N5O5/c1-35-23-9-7-22(8-10-23)32-13-15-33(16-14-32)28(34)21-5-4-12-31(18-21)19-26-29-27(30-38-26)20-6-11-24(36-2)25(17-20)37-3/h6-11,17,21H,4-5,12-16,18-19H2,1-3H3. The van der Waals surface area contributed by atoms with Crippen LogP contribution in [0.3, 0.4) is 0 Å². The molecule has 0 N–H and O–H groups in total. The van der Waals surface area contributed by atoms with E-state index in [0.717, 1.165) is 62.6 Å². The number of hydrogen-bond donors (Lipinski definition) is 0. The summed E-state index contributed by atoms with van der Waals surface area (Å²) >= 11 is 0. The Balaban J connectivity index is 1.15. The molecule has 2 saturated heterocycles. The maximum atomic E-state index is 13.4. The molecular weight excluding hydrogens is 486 g/mol. The number of hydrogen-bond acceptors (Lipinski definition) is 9. The zero-order chi connectivity index (χ0) is 26.5. The lowest BCUT2D eigenvalue weighted by atomic mass is 9.96. The molecule has 0 radical (unpaired) electrons. The van der Waals surface area contributed by atoms with E-state index < -0.39 is 0 Å². The number of likely N-dealkylation sites (tertiary alicyclic amines) is 1. The Morgan fingerprint density at radius 3 is 2.42 bits per heavy atom. The molecular formula is C28H35N5O5. The van der Waals surface area contributed by atoms with Crippen LogP contribution in [-0.2, 0) is 11.3 Å². The van der Waals surface area contributed by atoms with Crippen molar-refractivity contribution in [2.75, 3.05) is 65.5 Å². The van der Waals surface area contributed by atoms with Crippen LogP contribution in [-0.4, -0.2) is 86.4 Å². The van der Waals surface area contributed by atoms with Gasteiger partial charge in [-0.1, -0.05) is 5.16 Å². The van der Waals surface area contributed by atoms with Crippen LogP contribution in [0.2, 0.25) is 0 Å². The van der Waals surface area contributed by atoms with E-state index in [4.69, 9.17) is 18.7 Å². The number of anilines is 1. The lowest BCUT2D eigenvalue weighted by molar-refractivity contribution is -0.137. The van der Waals surface area contributed by atoms with Crippen LogP contribution in [0.25, 0.3) is 11.4 Å². The number of aromatic nitrogens is 2. The fraction of sp³-hybridized carbons (Fsp3) is 0.464. The average molecular weight is 522 g/mol. The van der Waals surface area contributed by atoms with Gasteiger partial charge in [0.05, 0.1) is 33.8 Å². The number of benzene rings is 2. The Morgan fingerprint density at radius 2 is 1.71 bits per heavy atom. The third kappa shape index (κ3) is 5.70. The Morgan fingerprint density at radius 1 is 0.947 bits per heavy atom. The number of carbonyl (C=O) groups is 1. The maximum absolute atomic E-state index is 13.4. The zero-order valence-corrected chi connectivity index (χ0v) is 22.3. The second-order valence-corrected chi connectivity index (χ2v) is 9.67. The third-order valence-electron chi connectivity index (χ3n) is 7.35. The van der Waals surface area contributed by atoms with Crippen molar-refractivity contribution < 1.29 is 23.5 Å². The number of ether oxygens (including phenoxy) is 3. The molecule has 3 heterocycles. The highest BCUT2D eigenvalue weighted by Crippen LogP contribution is 2.31. The first-order valence-corrected chi connectivity index (χ1v) is 13.0. The fourth-order valence-corrected chi connectivity index (χ4v) is 5.24. The molecule has 0 saturated carbocycles. The highest BCUT2D eigenvalue weighted by atomic mass is 16.5. The van der Waals surface area contributed by atoms with Gasteiger partial charge in [0.25, 0.3) is 0 Å². The number of methoxy groups -OCH3 is 3. The third-order valence-corrected chi connectivity index (χ3v) is 7.35. The summed E-state index contributed by atoms with van der Waals surface area (Å²) < 4.78 is 21.5. The fourth-order valence-electron chi connectivity index (χ4n) is 5.24. The summed E-state index contributed by atoms with van der Waals surface area (Å²) in [6.45, 7) is 5.26. The van der Waals surface area contributed by atoms with Crippen molar-refractivity contribution in [3.05, 3.63) is 48.4 Å². The number of rotatable bonds is 8. The first-order chi connectivity index (χ1) is 18.6. The van der Waals surface area contributed by atoms with Gasteiger partial charge < -0.3 is 28.5 Å². The summed E-state index contributed by atoms with van der Waals surface area (Å²) in [6, 6.07) is 13.6. The van der Waals surface area contributed by atoms with Crippen molar-refractivity contribution in [3.8, 4) is 28.6 Å². The molecule has 1 atom stereocenters. The Kier molecular flexibility index (Phi) is 7.97. The second-order valence-electron chi connectivity index (χ2n) is 9.67. The van der Waals surface area contributed by atoms with E-state index in [0.29, 0.717) is 36.3 Å². The predicted octanol–water partition coefficient (Wildman–Crippen LogP) is 3.32. The minimum Gasteiger partial charge on any atom is -0.497 e. The molecule has 0 aliphatic carbocycles. The van der Waals surface area contributed by atoms with Crippen LogP contribution in [0, 0.1) is 5.92 Å². The summed E-state index contributed by atoms with van der Waals surface area (Å²) in [5.74, 6) is 3.38. The van der Waals surface area contributed by atoms with Crippen molar-refractivity contribution in [1.82, 2.24) is 19.9 Å². The molecule has 10 nitrogen and oxygen atoms in total. The van der Waals surface area contributed by atoms with E-state index in [2.05, 4.69) is 32.1 Å². The van der Waals surface area contributed by atoms with Gasteiger partial charge in [-0.25, -0.2) is 0 Å². The highest BCUT2D eigenvalue weighted by molar-refractivity contribution is 5.79. The Hall–Kier alpha value is -3.79.